The van der Waals surface area contributed by atoms with Crippen LogP contribution >= 0.6 is 15.9 Å². The molecular formula is C19H24BrN. The van der Waals surface area contributed by atoms with Crippen LogP contribution in [-0.2, 0) is 0 Å². The van der Waals surface area contributed by atoms with Gasteiger partial charge < -0.3 is 5.32 Å². The molecule has 0 spiro atoms. The first kappa shape index (κ1) is 16.3. The Hall–Kier alpha value is -1.12. The molecule has 0 aliphatic rings. The predicted octanol–water partition coefficient (Wildman–Crippen LogP) is 5.58. The minimum atomic E-state index is 0.253. The highest BCUT2D eigenvalue weighted by molar-refractivity contribution is 9.10. The molecule has 0 aliphatic heterocycles. The fourth-order valence-electron chi connectivity index (χ4n) is 2.55. The number of halogens is 1. The van der Waals surface area contributed by atoms with Gasteiger partial charge in [-0.3, -0.25) is 0 Å². The fourth-order valence-corrected chi connectivity index (χ4v) is 2.80. The molecule has 112 valence electrons. The third-order valence-electron chi connectivity index (χ3n) is 3.86. The van der Waals surface area contributed by atoms with Crippen LogP contribution in [-0.4, -0.2) is 6.54 Å². The minimum absolute atomic E-state index is 0.253. The normalized spacial score (nSPS) is 12.7. The zero-order valence-corrected chi connectivity index (χ0v) is 14.9. The average Bonchev–Trinajstić information content (AvgIpc) is 2.48. The van der Waals surface area contributed by atoms with E-state index in [2.05, 4.69) is 91.4 Å². The lowest BCUT2D eigenvalue weighted by Crippen LogP contribution is -2.22. The van der Waals surface area contributed by atoms with Gasteiger partial charge in [0.1, 0.15) is 0 Å². The molecule has 1 N–H and O–H groups in total. The monoisotopic (exact) mass is 345 g/mol. The zero-order valence-electron chi connectivity index (χ0n) is 13.3. The SMILES string of the molecule is CCNC(c1ccc(C(C)C)cc1)c1ccc(Br)c(C)c1. The van der Waals surface area contributed by atoms with Crippen LogP contribution in [0.5, 0.6) is 0 Å². The van der Waals surface area contributed by atoms with Crippen molar-refractivity contribution in [3.63, 3.8) is 0 Å². The molecule has 0 radical (unpaired) electrons. The minimum Gasteiger partial charge on any atom is -0.307 e. The van der Waals surface area contributed by atoms with Crippen LogP contribution in [0.15, 0.2) is 46.9 Å². The molecule has 2 aromatic rings. The quantitative estimate of drug-likeness (QED) is 0.745. The van der Waals surface area contributed by atoms with Crippen LogP contribution < -0.4 is 5.32 Å². The lowest BCUT2D eigenvalue weighted by atomic mass is 9.94. The van der Waals surface area contributed by atoms with Gasteiger partial charge in [0.2, 0.25) is 0 Å². The summed E-state index contributed by atoms with van der Waals surface area (Å²) in [6.07, 6.45) is 0. The Balaban J connectivity index is 2.35. The van der Waals surface area contributed by atoms with Gasteiger partial charge in [0.15, 0.2) is 0 Å². The number of nitrogens with one attached hydrogen (secondary N) is 1. The third-order valence-corrected chi connectivity index (χ3v) is 4.75. The Kier molecular flexibility index (Phi) is 5.60. The van der Waals surface area contributed by atoms with Crippen LogP contribution in [0.3, 0.4) is 0 Å². The number of hydrogen-bond acceptors (Lipinski definition) is 1. The number of hydrogen-bond donors (Lipinski definition) is 1. The molecule has 0 fully saturated rings. The van der Waals surface area contributed by atoms with Gasteiger partial charge in [0, 0.05) is 4.47 Å². The second-order valence-electron chi connectivity index (χ2n) is 5.82. The summed E-state index contributed by atoms with van der Waals surface area (Å²) in [5.41, 5.74) is 5.30. The van der Waals surface area contributed by atoms with Gasteiger partial charge in [-0.1, -0.05) is 73.1 Å². The van der Waals surface area contributed by atoms with Crippen LogP contribution in [0.2, 0.25) is 0 Å². The second-order valence-corrected chi connectivity index (χ2v) is 6.68. The largest absolute Gasteiger partial charge is 0.307 e. The van der Waals surface area contributed by atoms with Crippen molar-refractivity contribution < 1.29 is 0 Å². The van der Waals surface area contributed by atoms with E-state index < -0.39 is 0 Å². The van der Waals surface area contributed by atoms with E-state index in [-0.39, 0.29) is 6.04 Å². The molecule has 0 amide bonds. The molecule has 2 aromatic carbocycles. The van der Waals surface area contributed by atoms with Crippen molar-refractivity contribution in [3.05, 3.63) is 69.2 Å². The molecule has 1 atom stereocenters. The summed E-state index contributed by atoms with van der Waals surface area (Å²) < 4.78 is 1.16. The predicted molar refractivity (Wildman–Crippen MR) is 94.9 cm³/mol. The van der Waals surface area contributed by atoms with E-state index in [0.717, 1.165) is 11.0 Å². The Morgan fingerprint density at radius 3 is 2.05 bits per heavy atom. The second kappa shape index (κ2) is 7.24. The van der Waals surface area contributed by atoms with Gasteiger partial charge in [-0.25, -0.2) is 0 Å². The maximum absolute atomic E-state index is 3.60. The van der Waals surface area contributed by atoms with E-state index >= 15 is 0 Å². The van der Waals surface area contributed by atoms with E-state index in [9.17, 15) is 0 Å². The number of rotatable bonds is 5. The highest BCUT2D eigenvalue weighted by Gasteiger charge is 2.14. The first-order valence-corrected chi connectivity index (χ1v) is 8.41. The topological polar surface area (TPSA) is 12.0 Å². The van der Waals surface area contributed by atoms with Crippen molar-refractivity contribution >= 4 is 15.9 Å². The molecule has 2 rings (SSSR count). The smallest absolute Gasteiger partial charge is 0.0576 e. The average molecular weight is 346 g/mol. The van der Waals surface area contributed by atoms with Crippen molar-refractivity contribution in [3.8, 4) is 0 Å². The van der Waals surface area contributed by atoms with Crippen molar-refractivity contribution in [2.75, 3.05) is 6.54 Å². The van der Waals surface area contributed by atoms with Gasteiger partial charge in [-0.05, 0) is 47.7 Å². The van der Waals surface area contributed by atoms with Crippen molar-refractivity contribution in [1.29, 1.82) is 0 Å². The van der Waals surface area contributed by atoms with Crippen molar-refractivity contribution in [2.45, 2.75) is 39.7 Å². The van der Waals surface area contributed by atoms with E-state index in [4.69, 9.17) is 0 Å². The Bertz CT molecular complexity index is 587. The summed E-state index contributed by atoms with van der Waals surface area (Å²) >= 11 is 3.58. The van der Waals surface area contributed by atoms with E-state index in [1.54, 1.807) is 0 Å². The molecular weight excluding hydrogens is 322 g/mol. The molecule has 1 nitrogen and oxygen atoms in total. The summed E-state index contributed by atoms with van der Waals surface area (Å²) in [5.74, 6) is 0.576. The van der Waals surface area contributed by atoms with Gasteiger partial charge in [-0.15, -0.1) is 0 Å². The highest BCUT2D eigenvalue weighted by atomic mass is 79.9. The molecule has 0 aliphatic carbocycles. The van der Waals surface area contributed by atoms with E-state index in [1.165, 1.54) is 22.3 Å². The Labute approximate surface area is 136 Å². The van der Waals surface area contributed by atoms with Crippen LogP contribution in [0.4, 0.5) is 0 Å². The van der Waals surface area contributed by atoms with Gasteiger partial charge >= 0.3 is 0 Å². The summed E-state index contributed by atoms with van der Waals surface area (Å²) in [6.45, 7) is 9.70. The van der Waals surface area contributed by atoms with Crippen molar-refractivity contribution in [1.82, 2.24) is 5.32 Å². The molecule has 0 aromatic heterocycles. The van der Waals surface area contributed by atoms with E-state index in [0.29, 0.717) is 5.92 Å². The first-order chi connectivity index (χ1) is 10.0. The zero-order chi connectivity index (χ0) is 15.4. The molecule has 0 bridgehead atoms. The maximum atomic E-state index is 3.60. The van der Waals surface area contributed by atoms with E-state index in [1.807, 2.05) is 0 Å². The fraction of sp³-hybridized carbons (Fsp3) is 0.368. The van der Waals surface area contributed by atoms with Gasteiger partial charge in [0.25, 0.3) is 0 Å². The molecule has 2 heteroatoms. The number of benzene rings is 2. The number of aryl methyl sites for hydroxylation is 1. The molecule has 0 saturated heterocycles. The third kappa shape index (κ3) is 3.96. The summed E-state index contributed by atoms with van der Waals surface area (Å²) in [6, 6.07) is 15.8. The molecule has 1 unspecified atom stereocenters. The lowest BCUT2D eigenvalue weighted by molar-refractivity contribution is 0.629. The van der Waals surface area contributed by atoms with Gasteiger partial charge in [-0.2, -0.15) is 0 Å². The summed E-state index contributed by atoms with van der Waals surface area (Å²) in [5, 5.41) is 3.60. The van der Waals surface area contributed by atoms with Crippen molar-refractivity contribution in [2.24, 2.45) is 0 Å². The van der Waals surface area contributed by atoms with Crippen LogP contribution in [0.1, 0.15) is 55.0 Å². The van der Waals surface area contributed by atoms with Gasteiger partial charge in [0.05, 0.1) is 6.04 Å². The van der Waals surface area contributed by atoms with Crippen LogP contribution in [0, 0.1) is 6.92 Å². The summed E-state index contributed by atoms with van der Waals surface area (Å²) in [4.78, 5) is 0. The lowest BCUT2D eigenvalue weighted by Gasteiger charge is -2.20. The molecule has 0 heterocycles. The molecule has 21 heavy (non-hydrogen) atoms. The Morgan fingerprint density at radius 1 is 0.952 bits per heavy atom. The standard InChI is InChI=1S/C19H24BrN/c1-5-21-19(17-10-11-18(20)14(4)12-17)16-8-6-15(7-9-16)13(2)3/h6-13,19,21H,5H2,1-4H3. The first-order valence-electron chi connectivity index (χ1n) is 7.62. The maximum Gasteiger partial charge on any atom is 0.0576 e. The molecule has 0 saturated carbocycles. The Morgan fingerprint density at radius 2 is 1.52 bits per heavy atom. The van der Waals surface area contributed by atoms with Crippen LogP contribution in [0.25, 0.3) is 0 Å². The summed E-state index contributed by atoms with van der Waals surface area (Å²) in [7, 11) is 0. The highest BCUT2D eigenvalue weighted by Crippen LogP contribution is 2.27.